The van der Waals surface area contributed by atoms with Gasteiger partial charge in [-0.1, -0.05) is 30.3 Å². The zero-order chi connectivity index (χ0) is 16.8. The fraction of sp³-hybridized carbons (Fsp3) is 0.263. The Kier molecular flexibility index (Phi) is 5.54. The van der Waals surface area contributed by atoms with E-state index >= 15 is 0 Å². The number of thioether (sulfide) groups is 1. The van der Waals surface area contributed by atoms with Crippen LogP contribution < -0.4 is 5.32 Å². The third-order valence-electron chi connectivity index (χ3n) is 3.88. The van der Waals surface area contributed by atoms with Crippen LogP contribution in [0.4, 0.5) is 0 Å². The highest BCUT2D eigenvalue weighted by molar-refractivity contribution is 7.99. The Balaban J connectivity index is 1.43. The molecule has 24 heavy (non-hydrogen) atoms. The summed E-state index contributed by atoms with van der Waals surface area (Å²) in [6.07, 6.45) is 1.41. The van der Waals surface area contributed by atoms with E-state index in [-0.39, 0.29) is 5.91 Å². The number of amides is 1. The zero-order valence-electron chi connectivity index (χ0n) is 13.7. The van der Waals surface area contributed by atoms with Crippen LogP contribution in [0.25, 0.3) is 11.0 Å². The van der Waals surface area contributed by atoms with Gasteiger partial charge in [0.15, 0.2) is 0 Å². The van der Waals surface area contributed by atoms with Gasteiger partial charge in [0.25, 0.3) is 0 Å². The molecule has 0 aliphatic heterocycles. The molecule has 0 aliphatic carbocycles. The highest BCUT2D eigenvalue weighted by Gasteiger charge is 2.08. The lowest BCUT2D eigenvalue weighted by molar-refractivity contribution is -0.121. The molecule has 3 rings (SSSR count). The molecule has 1 heterocycles. The van der Waals surface area contributed by atoms with Crippen LogP contribution in [0.5, 0.6) is 0 Å². The number of fused-ring (bicyclic) bond motifs is 1. The average molecular weight is 339 g/mol. The van der Waals surface area contributed by atoms with E-state index in [9.17, 15) is 4.79 Å². The molecular weight excluding hydrogens is 318 g/mol. The Morgan fingerprint density at radius 1 is 1.12 bits per heavy atom. The van der Waals surface area contributed by atoms with Crippen LogP contribution in [0.2, 0.25) is 0 Å². The molecule has 1 N–H and O–H groups in total. The monoisotopic (exact) mass is 339 g/mol. The molecule has 0 saturated carbocycles. The van der Waals surface area contributed by atoms with Crippen molar-refractivity contribution in [1.82, 2.24) is 14.9 Å². The largest absolute Gasteiger partial charge is 0.349 e. The number of hydrogen-bond acceptors (Lipinski definition) is 3. The fourth-order valence-corrected chi connectivity index (χ4v) is 3.43. The normalized spacial score (nSPS) is 10.9. The van der Waals surface area contributed by atoms with Gasteiger partial charge >= 0.3 is 0 Å². The summed E-state index contributed by atoms with van der Waals surface area (Å²) in [5, 5.41) is 2.97. The van der Waals surface area contributed by atoms with E-state index in [0.717, 1.165) is 29.0 Å². The molecule has 0 saturated heterocycles. The van der Waals surface area contributed by atoms with E-state index in [1.54, 1.807) is 11.8 Å². The van der Waals surface area contributed by atoms with Crippen LogP contribution >= 0.6 is 11.8 Å². The Morgan fingerprint density at radius 2 is 1.88 bits per heavy atom. The highest BCUT2D eigenvalue weighted by atomic mass is 32.2. The van der Waals surface area contributed by atoms with Gasteiger partial charge in [-0.3, -0.25) is 4.79 Å². The Morgan fingerprint density at radius 3 is 2.67 bits per heavy atom. The number of nitrogens with zero attached hydrogens (tertiary/aromatic N) is 2. The minimum Gasteiger partial charge on any atom is -0.349 e. The molecule has 124 valence electrons. The van der Waals surface area contributed by atoms with E-state index in [0.29, 0.717) is 13.0 Å². The van der Waals surface area contributed by atoms with Crippen molar-refractivity contribution in [3.05, 3.63) is 60.4 Å². The first-order valence-electron chi connectivity index (χ1n) is 8.09. The van der Waals surface area contributed by atoms with Crippen molar-refractivity contribution in [3.8, 4) is 0 Å². The molecule has 5 heteroatoms. The van der Waals surface area contributed by atoms with Crippen molar-refractivity contribution < 1.29 is 4.79 Å². The molecule has 0 aliphatic rings. The smallest absolute Gasteiger partial charge is 0.220 e. The number of rotatable bonds is 7. The molecule has 0 bridgehead atoms. The molecule has 0 atom stereocenters. The number of hydrogen-bond donors (Lipinski definition) is 1. The van der Waals surface area contributed by atoms with Gasteiger partial charge < -0.3 is 9.88 Å². The average Bonchev–Trinajstić information content (AvgIpc) is 2.94. The summed E-state index contributed by atoms with van der Waals surface area (Å²) in [6.45, 7) is 0.468. The number of aromatic nitrogens is 2. The van der Waals surface area contributed by atoms with Gasteiger partial charge in [-0.25, -0.2) is 4.98 Å². The number of benzene rings is 2. The van der Waals surface area contributed by atoms with Crippen LogP contribution in [0, 0.1) is 0 Å². The maximum Gasteiger partial charge on any atom is 0.220 e. The van der Waals surface area contributed by atoms with Gasteiger partial charge in [-0.05, 0) is 36.4 Å². The van der Waals surface area contributed by atoms with Crippen molar-refractivity contribution >= 4 is 28.7 Å². The lowest BCUT2D eigenvalue weighted by Gasteiger charge is -2.06. The molecular formula is C19H21N3OS. The predicted octanol–water partition coefficient (Wildman–Crippen LogP) is 3.76. The summed E-state index contributed by atoms with van der Waals surface area (Å²) in [7, 11) is 1.98. The SMILES string of the molecule is Cn1c(CNC(=O)CCCSc2ccccc2)nc2ccccc21. The summed E-state index contributed by atoms with van der Waals surface area (Å²) in [6, 6.07) is 18.3. The number of para-hydroxylation sites is 2. The fourth-order valence-electron chi connectivity index (χ4n) is 2.56. The number of carbonyl (C=O) groups excluding carboxylic acids is 1. The van der Waals surface area contributed by atoms with Crippen LogP contribution in [0.1, 0.15) is 18.7 Å². The van der Waals surface area contributed by atoms with Gasteiger partial charge in [0.1, 0.15) is 5.82 Å². The minimum atomic E-state index is 0.0794. The second kappa shape index (κ2) is 8.02. The lowest BCUT2D eigenvalue weighted by Crippen LogP contribution is -2.24. The number of imidazole rings is 1. The first-order chi connectivity index (χ1) is 11.7. The molecule has 1 amide bonds. The number of carbonyl (C=O) groups is 1. The van der Waals surface area contributed by atoms with Crippen LogP contribution in [-0.2, 0) is 18.4 Å². The topological polar surface area (TPSA) is 46.9 Å². The second-order valence-electron chi connectivity index (χ2n) is 5.62. The van der Waals surface area contributed by atoms with Crippen LogP contribution in [-0.4, -0.2) is 21.2 Å². The summed E-state index contributed by atoms with van der Waals surface area (Å²) in [4.78, 5) is 17.8. The molecule has 0 fully saturated rings. The highest BCUT2D eigenvalue weighted by Crippen LogP contribution is 2.18. The van der Waals surface area contributed by atoms with E-state index in [2.05, 4.69) is 22.4 Å². The predicted molar refractivity (Wildman–Crippen MR) is 99.0 cm³/mol. The molecule has 2 aromatic carbocycles. The van der Waals surface area contributed by atoms with E-state index in [1.165, 1.54) is 4.90 Å². The van der Waals surface area contributed by atoms with Crippen molar-refractivity contribution in [2.24, 2.45) is 7.05 Å². The Bertz CT molecular complexity index is 814. The summed E-state index contributed by atoms with van der Waals surface area (Å²) < 4.78 is 2.03. The quantitative estimate of drug-likeness (QED) is 0.527. The van der Waals surface area contributed by atoms with Crippen molar-refractivity contribution in [1.29, 1.82) is 0 Å². The molecule has 3 aromatic rings. The first-order valence-corrected chi connectivity index (χ1v) is 9.07. The van der Waals surface area contributed by atoms with Crippen molar-refractivity contribution in [2.75, 3.05) is 5.75 Å². The number of nitrogens with one attached hydrogen (secondary N) is 1. The molecule has 0 unspecified atom stereocenters. The van der Waals surface area contributed by atoms with Gasteiger partial charge in [0, 0.05) is 18.4 Å². The standard InChI is InChI=1S/C19H21N3OS/c1-22-17-11-6-5-10-16(17)21-18(22)14-20-19(23)12-7-13-24-15-8-3-2-4-9-15/h2-6,8-11H,7,12-14H2,1H3,(H,20,23). The van der Waals surface area contributed by atoms with Gasteiger partial charge in [-0.15, -0.1) is 11.8 Å². The van der Waals surface area contributed by atoms with Crippen LogP contribution in [0.15, 0.2) is 59.5 Å². The summed E-state index contributed by atoms with van der Waals surface area (Å²) in [5.41, 5.74) is 2.05. The third-order valence-corrected chi connectivity index (χ3v) is 4.98. The lowest BCUT2D eigenvalue weighted by atomic mass is 10.3. The molecule has 0 radical (unpaired) electrons. The van der Waals surface area contributed by atoms with Gasteiger partial charge in [-0.2, -0.15) is 0 Å². The first kappa shape index (κ1) is 16.6. The van der Waals surface area contributed by atoms with E-state index in [4.69, 9.17) is 0 Å². The summed E-state index contributed by atoms with van der Waals surface area (Å²) >= 11 is 1.79. The molecule has 4 nitrogen and oxygen atoms in total. The van der Waals surface area contributed by atoms with Gasteiger partial charge in [0.2, 0.25) is 5.91 Å². The van der Waals surface area contributed by atoms with Crippen molar-refractivity contribution in [2.45, 2.75) is 24.3 Å². The maximum atomic E-state index is 12.0. The minimum absolute atomic E-state index is 0.0794. The Hall–Kier alpha value is -2.27. The van der Waals surface area contributed by atoms with Gasteiger partial charge in [0.05, 0.1) is 17.6 Å². The summed E-state index contributed by atoms with van der Waals surface area (Å²) in [5.74, 6) is 1.91. The Labute approximate surface area is 146 Å². The van der Waals surface area contributed by atoms with Crippen LogP contribution in [0.3, 0.4) is 0 Å². The van der Waals surface area contributed by atoms with E-state index in [1.807, 2.05) is 54.1 Å². The van der Waals surface area contributed by atoms with Crippen molar-refractivity contribution in [3.63, 3.8) is 0 Å². The van der Waals surface area contributed by atoms with E-state index < -0.39 is 0 Å². The third kappa shape index (κ3) is 4.17. The second-order valence-corrected chi connectivity index (χ2v) is 6.79. The molecule has 0 spiro atoms. The maximum absolute atomic E-state index is 12.0. The zero-order valence-corrected chi connectivity index (χ0v) is 14.6. The number of aryl methyl sites for hydroxylation is 1. The molecule has 1 aromatic heterocycles.